The van der Waals surface area contributed by atoms with E-state index in [1.165, 1.54) is 12.3 Å². The third-order valence-corrected chi connectivity index (χ3v) is 5.91. The van der Waals surface area contributed by atoms with Crippen molar-refractivity contribution in [3.63, 3.8) is 0 Å². The molecule has 1 aliphatic carbocycles. The summed E-state index contributed by atoms with van der Waals surface area (Å²) in [6.07, 6.45) is -0.817. The Morgan fingerprint density at radius 2 is 1.84 bits per heavy atom. The first-order valence-electron chi connectivity index (χ1n) is 11.9. The van der Waals surface area contributed by atoms with Gasteiger partial charge < -0.3 is 15.6 Å². The molecule has 0 aliphatic heterocycles. The molecule has 0 atom stereocenters. The van der Waals surface area contributed by atoms with E-state index in [4.69, 9.17) is 0 Å². The SMILES string of the molecule is Cc1cnc(-c2cc(NC(=O)c3ccc(C)c(C#Cc4ccc(NC5CC5)nn4)c3)cc(C(F)(F)F)c2)[nH]1. The Hall–Kier alpha value is -4.65. The van der Waals surface area contributed by atoms with Gasteiger partial charge in [-0.2, -0.15) is 13.2 Å². The van der Waals surface area contributed by atoms with Crippen molar-refractivity contribution in [1.82, 2.24) is 20.2 Å². The summed E-state index contributed by atoms with van der Waals surface area (Å²) in [6, 6.07) is 12.3. The number of alkyl halides is 3. The minimum Gasteiger partial charge on any atom is -0.366 e. The maximum absolute atomic E-state index is 13.6. The number of halogens is 3. The fraction of sp³-hybridized carbons (Fsp3) is 0.214. The lowest BCUT2D eigenvalue weighted by Crippen LogP contribution is -2.14. The Bertz CT molecular complexity index is 1560. The first-order valence-corrected chi connectivity index (χ1v) is 11.9. The molecule has 0 radical (unpaired) electrons. The van der Waals surface area contributed by atoms with Crippen molar-refractivity contribution in [2.45, 2.75) is 38.9 Å². The molecule has 0 saturated heterocycles. The van der Waals surface area contributed by atoms with E-state index in [1.54, 1.807) is 31.2 Å². The molecule has 5 rings (SSSR count). The highest BCUT2D eigenvalue weighted by molar-refractivity contribution is 6.04. The molecule has 38 heavy (non-hydrogen) atoms. The van der Waals surface area contributed by atoms with Crippen LogP contribution in [0, 0.1) is 25.7 Å². The van der Waals surface area contributed by atoms with Gasteiger partial charge in [-0.1, -0.05) is 12.0 Å². The number of imidazole rings is 1. The van der Waals surface area contributed by atoms with Crippen molar-refractivity contribution >= 4 is 17.4 Å². The van der Waals surface area contributed by atoms with Crippen molar-refractivity contribution in [1.29, 1.82) is 0 Å². The Kier molecular flexibility index (Phi) is 6.59. The minimum atomic E-state index is -4.60. The number of H-pyrrole nitrogens is 1. The van der Waals surface area contributed by atoms with Gasteiger partial charge in [0.15, 0.2) is 0 Å². The lowest BCUT2D eigenvalue weighted by molar-refractivity contribution is -0.137. The van der Waals surface area contributed by atoms with Gasteiger partial charge >= 0.3 is 6.18 Å². The number of aromatic amines is 1. The number of rotatable bonds is 5. The summed E-state index contributed by atoms with van der Waals surface area (Å²) in [4.78, 5) is 20.0. The molecule has 10 heteroatoms. The Morgan fingerprint density at radius 1 is 1.03 bits per heavy atom. The zero-order valence-electron chi connectivity index (χ0n) is 20.6. The van der Waals surface area contributed by atoms with Crippen molar-refractivity contribution in [2.75, 3.05) is 10.6 Å². The van der Waals surface area contributed by atoms with Gasteiger partial charge in [0.2, 0.25) is 0 Å². The van der Waals surface area contributed by atoms with E-state index < -0.39 is 17.6 Å². The zero-order chi connectivity index (χ0) is 26.9. The largest absolute Gasteiger partial charge is 0.416 e. The number of hydrogen-bond donors (Lipinski definition) is 3. The maximum Gasteiger partial charge on any atom is 0.416 e. The fourth-order valence-electron chi connectivity index (χ4n) is 3.70. The van der Waals surface area contributed by atoms with E-state index in [9.17, 15) is 18.0 Å². The van der Waals surface area contributed by atoms with Crippen LogP contribution in [0.15, 0.2) is 54.7 Å². The molecule has 192 valence electrons. The number of hydrogen-bond acceptors (Lipinski definition) is 5. The van der Waals surface area contributed by atoms with Crippen LogP contribution in [-0.4, -0.2) is 32.1 Å². The second-order valence-corrected chi connectivity index (χ2v) is 9.17. The minimum absolute atomic E-state index is 0.00254. The number of nitrogens with zero attached hydrogens (tertiary/aromatic N) is 3. The van der Waals surface area contributed by atoms with Crippen LogP contribution in [0.25, 0.3) is 11.4 Å². The summed E-state index contributed by atoms with van der Waals surface area (Å²) in [6.45, 7) is 3.60. The number of anilines is 2. The number of aryl methyl sites for hydroxylation is 2. The molecule has 1 amide bonds. The third kappa shape index (κ3) is 6.00. The molecule has 4 aromatic rings. The van der Waals surface area contributed by atoms with Gasteiger partial charge in [0.25, 0.3) is 5.91 Å². The lowest BCUT2D eigenvalue weighted by Gasteiger charge is -2.13. The molecule has 1 aliphatic rings. The molecule has 3 N–H and O–H groups in total. The molecule has 0 bridgehead atoms. The Labute approximate surface area is 216 Å². The number of carbonyl (C=O) groups is 1. The Morgan fingerprint density at radius 3 is 2.50 bits per heavy atom. The standard InChI is InChI=1S/C28H23F3N6O/c1-16-3-4-19(11-18(16)5-6-23-9-10-25(37-36-23)34-22-7-8-22)27(38)35-24-13-20(26-32-15-17(2)33-26)12-21(14-24)28(29,30)31/h3-4,9-15,22H,7-8H2,1-2H3,(H,32,33)(H,34,37)(H,35,38). The summed E-state index contributed by atoms with van der Waals surface area (Å²) in [5.74, 6) is 6.37. The quantitative estimate of drug-likeness (QED) is 0.295. The van der Waals surface area contributed by atoms with Gasteiger partial charge in [-0.05, 0) is 80.6 Å². The second kappa shape index (κ2) is 10.0. The van der Waals surface area contributed by atoms with Gasteiger partial charge in [-0.15, -0.1) is 10.2 Å². The first-order chi connectivity index (χ1) is 18.1. The van der Waals surface area contributed by atoms with E-state index in [0.29, 0.717) is 28.8 Å². The highest BCUT2D eigenvalue weighted by Crippen LogP contribution is 2.34. The number of carbonyl (C=O) groups excluding carboxylic acids is 1. The number of benzene rings is 2. The molecule has 2 heterocycles. The van der Waals surface area contributed by atoms with E-state index >= 15 is 0 Å². The molecule has 2 aromatic heterocycles. The summed E-state index contributed by atoms with van der Waals surface area (Å²) >= 11 is 0. The molecular formula is C28H23F3N6O. The molecule has 2 aromatic carbocycles. The summed E-state index contributed by atoms with van der Waals surface area (Å²) in [7, 11) is 0. The van der Waals surface area contributed by atoms with Crippen LogP contribution in [0.2, 0.25) is 0 Å². The number of amides is 1. The van der Waals surface area contributed by atoms with Gasteiger partial charge in [0.1, 0.15) is 17.3 Å². The van der Waals surface area contributed by atoms with Gasteiger partial charge in [0.05, 0.1) is 5.56 Å². The summed E-state index contributed by atoms with van der Waals surface area (Å²) in [5.41, 5.74) is 2.17. The highest BCUT2D eigenvalue weighted by atomic mass is 19.4. The van der Waals surface area contributed by atoms with Crippen molar-refractivity contribution in [3.8, 4) is 23.2 Å². The molecule has 1 fully saturated rings. The van der Waals surface area contributed by atoms with Gasteiger partial charge in [-0.3, -0.25) is 4.79 Å². The molecular weight excluding hydrogens is 493 g/mol. The smallest absolute Gasteiger partial charge is 0.366 e. The summed E-state index contributed by atoms with van der Waals surface area (Å²) < 4.78 is 40.7. The van der Waals surface area contributed by atoms with Crippen LogP contribution in [0.1, 0.15) is 51.3 Å². The predicted molar refractivity (Wildman–Crippen MR) is 138 cm³/mol. The lowest BCUT2D eigenvalue weighted by atomic mass is 10.0. The van der Waals surface area contributed by atoms with E-state index in [-0.39, 0.29) is 22.6 Å². The second-order valence-electron chi connectivity index (χ2n) is 9.17. The van der Waals surface area contributed by atoms with E-state index in [2.05, 4.69) is 42.6 Å². The van der Waals surface area contributed by atoms with Crippen LogP contribution in [-0.2, 0) is 6.18 Å². The Balaban J connectivity index is 1.37. The molecule has 0 spiro atoms. The van der Waals surface area contributed by atoms with Crippen molar-refractivity contribution in [2.24, 2.45) is 0 Å². The predicted octanol–water partition coefficient (Wildman–Crippen LogP) is 5.73. The molecule has 1 saturated carbocycles. The number of nitrogens with one attached hydrogen (secondary N) is 3. The zero-order valence-corrected chi connectivity index (χ0v) is 20.6. The van der Waals surface area contributed by atoms with Crippen LogP contribution in [0.3, 0.4) is 0 Å². The van der Waals surface area contributed by atoms with E-state index in [0.717, 1.165) is 30.5 Å². The molecule has 7 nitrogen and oxygen atoms in total. The van der Waals surface area contributed by atoms with Crippen LogP contribution < -0.4 is 10.6 Å². The average molecular weight is 517 g/mol. The fourth-order valence-corrected chi connectivity index (χ4v) is 3.70. The van der Waals surface area contributed by atoms with Crippen LogP contribution in [0.4, 0.5) is 24.7 Å². The summed E-state index contributed by atoms with van der Waals surface area (Å²) in [5, 5.41) is 14.1. The molecule has 0 unspecified atom stereocenters. The first kappa shape index (κ1) is 25.0. The monoisotopic (exact) mass is 516 g/mol. The van der Waals surface area contributed by atoms with Crippen LogP contribution >= 0.6 is 0 Å². The van der Waals surface area contributed by atoms with E-state index in [1.807, 2.05) is 13.0 Å². The third-order valence-electron chi connectivity index (χ3n) is 5.91. The topological polar surface area (TPSA) is 95.6 Å². The van der Waals surface area contributed by atoms with Crippen molar-refractivity contribution < 1.29 is 18.0 Å². The highest BCUT2D eigenvalue weighted by Gasteiger charge is 2.32. The van der Waals surface area contributed by atoms with Crippen molar-refractivity contribution in [3.05, 3.63) is 88.4 Å². The maximum atomic E-state index is 13.6. The van der Waals surface area contributed by atoms with Gasteiger partial charge in [0, 0.05) is 40.3 Å². The van der Waals surface area contributed by atoms with Crippen LogP contribution in [0.5, 0.6) is 0 Å². The number of aromatic nitrogens is 4. The average Bonchev–Trinajstić information content (AvgIpc) is 3.59. The van der Waals surface area contributed by atoms with Gasteiger partial charge in [-0.25, -0.2) is 4.98 Å². The normalized spacial score (nSPS) is 13.0.